The molecule has 33 heavy (non-hydrogen) atoms. The molecule has 0 saturated heterocycles. The van der Waals surface area contributed by atoms with Crippen molar-refractivity contribution in [3.8, 4) is 11.3 Å². The van der Waals surface area contributed by atoms with Gasteiger partial charge in [0.15, 0.2) is 5.65 Å². The van der Waals surface area contributed by atoms with Gasteiger partial charge >= 0.3 is 11.9 Å². The molecule has 0 spiro atoms. The second-order valence-corrected chi connectivity index (χ2v) is 9.17. The molecule has 9 nitrogen and oxygen atoms in total. The molecule has 3 aromatic heterocycles. The first kappa shape index (κ1) is 24.4. The van der Waals surface area contributed by atoms with Crippen LogP contribution in [0.25, 0.3) is 22.3 Å². The number of hydrogen-bond acceptors (Lipinski definition) is 8. The number of esters is 2. The number of aryl methyl sites for hydroxylation is 2. The van der Waals surface area contributed by atoms with Crippen LogP contribution in [0.4, 0.5) is 0 Å². The van der Waals surface area contributed by atoms with E-state index in [1.807, 2.05) is 33.8 Å². The summed E-state index contributed by atoms with van der Waals surface area (Å²) in [5, 5.41) is 7.40. The Hall–Kier alpha value is -3.27. The fourth-order valence-corrected chi connectivity index (χ4v) is 4.41. The van der Waals surface area contributed by atoms with Crippen LogP contribution in [0.5, 0.6) is 0 Å². The second kappa shape index (κ2) is 10.1. The summed E-state index contributed by atoms with van der Waals surface area (Å²) in [6, 6.07) is 2.12. The summed E-state index contributed by atoms with van der Waals surface area (Å²) in [6.07, 6.45) is 1.57. The van der Waals surface area contributed by atoms with Gasteiger partial charge in [0, 0.05) is 21.4 Å². The second-order valence-electron chi connectivity index (χ2n) is 7.71. The van der Waals surface area contributed by atoms with Gasteiger partial charge < -0.3 is 14.8 Å². The number of nitrogens with zero attached hydrogens (tertiary/aromatic N) is 3. The van der Waals surface area contributed by atoms with Crippen molar-refractivity contribution in [2.75, 3.05) is 13.2 Å². The van der Waals surface area contributed by atoms with Crippen LogP contribution in [0.3, 0.4) is 0 Å². The largest absolute Gasteiger partial charge is 0.464 e. The van der Waals surface area contributed by atoms with E-state index >= 15 is 0 Å². The number of thiophene rings is 1. The first-order chi connectivity index (χ1) is 15.7. The molecule has 0 aromatic carbocycles. The summed E-state index contributed by atoms with van der Waals surface area (Å²) in [5.41, 5.74) is 2.32. The molecule has 3 heterocycles. The van der Waals surface area contributed by atoms with E-state index in [2.05, 4.69) is 10.4 Å². The molecule has 3 rings (SSSR count). The van der Waals surface area contributed by atoms with Gasteiger partial charge in [0.2, 0.25) is 6.04 Å². The van der Waals surface area contributed by atoms with Crippen molar-refractivity contribution in [1.82, 2.24) is 20.1 Å². The first-order valence-corrected chi connectivity index (χ1v) is 11.6. The third-order valence-electron chi connectivity index (χ3n) is 4.94. The van der Waals surface area contributed by atoms with Gasteiger partial charge in [-0.25, -0.2) is 19.3 Å². The van der Waals surface area contributed by atoms with Crippen molar-refractivity contribution < 1.29 is 23.9 Å². The minimum absolute atomic E-state index is 0.0123. The molecule has 10 heteroatoms. The summed E-state index contributed by atoms with van der Waals surface area (Å²) in [6.45, 7) is 11.3. The number of carbonyl (C=O) groups is 3. The van der Waals surface area contributed by atoms with E-state index in [9.17, 15) is 14.4 Å². The first-order valence-electron chi connectivity index (χ1n) is 10.8. The Bertz CT molecular complexity index is 1180. The Morgan fingerprint density at radius 2 is 1.73 bits per heavy atom. The molecular weight excluding hydrogens is 444 g/mol. The number of carbonyl (C=O) groups excluding carboxylic acids is 3. The molecule has 0 fully saturated rings. The van der Waals surface area contributed by atoms with Gasteiger partial charge in [0.1, 0.15) is 0 Å². The smallest absolute Gasteiger partial charge is 0.340 e. The zero-order valence-corrected chi connectivity index (χ0v) is 20.4. The van der Waals surface area contributed by atoms with Crippen molar-refractivity contribution in [3.63, 3.8) is 0 Å². The summed E-state index contributed by atoms with van der Waals surface area (Å²) in [7, 11) is 0. The van der Waals surface area contributed by atoms with E-state index in [1.165, 1.54) is 0 Å². The van der Waals surface area contributed by atoms with Crippen LogP contribution in [0, 0.1) is 13.8 Å². The fraction of sp³-hybridized carbons (Fsp3) is 0.435. The summed E-state index contributed by atoms with van der Waals surface area (Å²) in [5.74, 6) is -2.38. The normalized spacial score (nSPS) is 11.3. The minimum atomic E-state index is -1.57. The van der Waals surface area contributed by atoms with E-state index in [0.29, 0.717) is 16.7 Å². The predicted molar refractivity (Wildman–Crippen MR) is 125 cm³/mol. The van der Waals surface area contributed by atoms with Crippen LogP contribution in [0.15, 0.2) is 18.3 Å². The number of fused-ring (bicyclic) bond motifs is 1. The van der Waals surface area contributed by atoms with Crippen LogP contribution in [0.1, 0.15) is 53.8 Å². The molecule has 0 aliphatic heterocycles. The van der Waals surface area contributed by atoms with Crippen LogP contribution in [-0.4, -0.2) is 51.9 Å². The molecule has 0 saturated carbocycles. The average Bonchev–Trinajstić information content (AvgIpc) is 3.33. The lowest BCUT2D eigenvalue weighted by Crippen LogP contribution is -2.48. The summed E-state index contributed by atoms with van der Waals surface area (Å²) >= 11 is 1.64. The van der Waals surface area contributed by atoms with E-state index in [4.69, 9.17) is 14.5 Å². The van der Waals surface area contributed by atoms with Crippen molar-refractivity contribution in [1.29, 1.82) is 0 Å². The number of hydrogen-bond donors (Lipinski definition) is 1. The zero-order chi connectivity index (χ0) is 24.3. The van der Waals surface area contributed by atoms with Gasteiger partial charge in [-0.1, -0.05) is 0 Å². The molecule has 1 amide bonds. The molecular formula is C23H28N4O5S. The molecule has 0 aliphatic carbocycles. The molecule has 0 unspecified atom stereocenters. The Kier molecular flexibility index (Phi) is 7.47. The van der Waals surface area contributed by atoms with Crippen LogP contribution < -0.4 is 5.32 Å². The van der Waals surface area contributed by atoms with E-state index in [1.54, 1.807) is 42.1 Å². The number of aromatic nitrogens is 3. The monoisotopic (exact) mass is 472 g/mol. The van der Waals surface area contributed by atoms with Crippen molar-refractivity contribution in [2.24, 2.45) is 0 Å². The molecule has 0 radical (unpaired) electrons. The quantitative estimate of drug-likeness (QED) is 0.394. The number of rotatable bonds is 8. The minimum Gasteiger partial charge on any atom is -0.464 e. The van der Waals surface area contributed by atoms with Crippen molar-refractivity contribution in [3.05, 3.63) is 33.6 Å². The lowest BCUT2D eigenvalue weighted by atomic mass is 10.1. The maximum atomic E-state index is 13.4. The zero-order valence-electron chi connectivity index (χ0n) is 19.6. The van der Waals surface area contributed by atoms with Gasteiger partial charge in [-0.15, -0.1) is 11.3 Å². The van der Waals surface area contributed by atoms with E-state index in [0.717, 1.165) is 15.3 Å². The standard InChI is InChI=1S/C23H28N4O5S/c1-7-31-22(29)19(23(30)32-8-2)26-21(28)16-10-18(15-9-13(5)33-14(15)6)25-20-17(16)11-24-27(20)12(3)4/h9-12,19H,7-8H2,1-6H3,(H,26,28). The highest BCUT2D eigenvalue weighted by Gasteiger charge is 2.32. The van der Waals surface area contributed by atoms with Crippen LogP contribution in [0.2, 0.25) is 0 Å². The maximum absolute atomic E-state index is 13.4. The van der Waals surface area contributed by atoms with Gasteiger partial charge in [-0.3, -0.25) is 4.79 Å². The average molecular weight is 473 g/mol. The third kappa shape index (κ3) is 5.05. The number of amides is 1. The van der Waals surface area contributed by atoms with E-state index in [-0.39, 0.29) is 24.8 Å². The Morgan fingerprint density at radius 3 is 2.24 bits per heavy atom. The van der Waals surface area contributed by atoms with Gasteiger partial charge in [0.25, 0.3) is 5.91 Å². The topological polar surface area (TPSA) is 112 Å². The molecule has 0 bridgehead atoms. The van der Waals surface area contributed by atoms with Crippen molar-refractivity contribution in [2.45, 2.75) is 53.6 Å². The van der Waals surface area contributed by atoms with Crippen LogP contribution in [-0.2, 0) is 19.1 Å². The number of nitrogens with one attached hydrogen (secondary N) is 1. The molecule has 3 aromatic rings. The van der Waals surface area contributed by atoms with Crippen molar-refractivity contribution >= 4 is 40.2 Å². The third-order valence-corrected chi connectivity index (χ3v) is 5.90. The Morgan fingerprint density at radius 1 is 1.09 bits per heavy atom. The highest BCUT2D eigenvalue weighted by Crippen LogP contribution is 2.32. The predicted octanol–water partition coefficient (Wildman–Crippen LogP) is 3.58. The summed E-state index contributed by atoms with van der Waals surface area (Å²) in [4.78, 5) is 45.0. The van der Waals surface area contributed by atoms with Gasteiger partial charge in [-0.2, -0.15) is 5.10 Å². The summed E-state index contributed by atoms with van der Waals surface area (Å²) < 4.78 is 11.7. The highest BCUT2D eigenvalue weighted by atomic mass is 32.1. The molecule has 1 N–H and O–H groups in total. The van der Waals surface area contributed by atoms with Gasteiger partial charge in [0.05, 0.1) is 36.1 Å². The number of pyridine rings is 1. The molecule has 0 atom stereocenters. The molecule has 0 aliphatic rings. The molecule has 176 valence electrons. The number of ether oxygens (including phenoxy) is 2. The van der Waals surface area contributed by atoms with Crippen LogP contribution >= 0.6 is 11.3 Å². The van der Waals surface area contributed by atoms with E-state index < -0.39 is 23.9 Å². The fourth-order valence-electron chi connectivity index (χ4n) is 3.48. The Balaban J connectivity index is 2.11. The Labute approximate surface area is 196 Å². The SMILES string of the molecule is CCOC(=O)C(NC(=O)c1cc(-c2cc(C)sc2C)nc2c1cnn2C(C)C)C(=O)OCC. The van der Waals surface area contributed by atoms with Gasteiger partial charge in [-0.05, 0) is 53.7 Å². The lowest BCUT2D eigenvalue weighted by Gasteiger charge is -2.16. The maximum Gasteiger partial charge on any atom is 0.340 e. The lowest BCUT2D eigenvalue weighted by molar-refractivity contribution is -0.157. The highest BCUT2D eigenvalue weighted by molar-refractivity contribution is 7.12.